The first-order chi connectivity index (χ1) is 15.2. The topological polar surface area (TPSA) is 72.7 Å². The van der Waals surface area contributed by atoms with E-state index in [1.165, 1.54) is 30.2 Å². The van der Waals surface area contributed by atoms with Crippen LogP contribution in [0, 0.1) is 5.82 Å². The van der Waals surface area contributed by atoms with Gasteiger partial charge in [-0.15, -0.1) is 11.8 Å². The molecule has 0 fully saturated rings. The minimum Gasteiger partial charge on any atom is -0.348 e. The Morgan fingerprint density at radius 3 is 2.61 bits per heavy atom. The summed E-state index contributed by atoms with van der Waals surface area (Å²) in [7, 11) is 0. The lowest BCUT2D eigenvalue weighted by molar-refractivity contribution is 0.0947. The molecule has 0 atom stereocenters. The second-order valence-electron chi connectivity index (χ2n) is 6.82. The summed E-state index contributed by atoms with van der Waals surface area (Å²) in [6.07, 6.45) is 4.82. The molecular weight excluding hydrogens is 413 g/mol. The fraction of sp³-hybridized carbons (Fsp3) is 0.130. The standard InChI is InChI=1S/C23H20FN5OS/c24-20-9-7-17(8-10-20)14-31-23-21(6-3-11-26-23)22(30)27-12-18-4-1-2-5-19(18)13-29-16-25-15-28-29/h1-11,15-16H,12-14H2,(H,27,30). The van der Waals surface area contributed by atoms with Crippen LogP contribution in [0.1, 0.15) is 27.0 Å². The van der Waals surface area contributed by atoms with E-state index in [0.717, 1.165) is 16.7 Å². The highest BCUT2D eigenvalue weighted by Gasteiger charge is 2.14. The Morgan fingerprint density at radius 2 is 1.84 bits per heavy atom. The number of pyridine rings is 1. The first kappa shape index (κ1) is 20.7. The van der Waals surface area contributed by atoms with Gasteiger partial charge in [-0.05, 0) is 41.0 Å². The van der Waals surface area contributed by atoms with E-state index in [4.69, 9.17) is 0 Å². The molecule has 31 heavy (non-hydrogen) atoms. The van der Waals surface area contributed by atoms with E-state index in [-0.39, 0.29) is 11.7 Å². The molecule has 156 valence electrons. The zero-order chi connectivity index (χ0) is 21.5. The van der Waals surface area contributed by atoms with E-state index < -0.39 is 0 Å². The Labute approximate surface area is 183 Å². The molecular formula is C23H20FN5OS. The summed E-state index contributed by atoms with van der Waals surface area (Å²) in [5.74, 6) is 0.138. The third kappa shape index (κ3) is 5.55. The van der Waals surface area contributed by atoms with Crippen LogP contribution in [-0.4, -0.2) is 25.7 Å². The van der Waals surface area contributed by atoms with E-state index in [1.807, 2.05) is 24.3 Å². The second-order valence-corrected chi connectivity index (χ2v) is 7.78. The maximum absolute atomic E-state index is 13.1. The second kappa shape index (κ2) is 9.99. The molecule has 0 bridgehead atoms. The van der Waals surface area contributed by atoms with Crippen LogP contribution in [0.2, 0.25) is 0 Å². The number of benzene rings is 2. The van der Waals surface area contributed by atoms with Crippen LogP contribution in [0.15, 0.2) is 84.5 Å². The summed E-state index contributed by atoms with van der Waals surface area (Å²) in [6, 6.07) is 17.7. The van der Waals surface area contributed by atoms with Gasteiger partial charge in [0.2, 0.25) is 0 Å². The van der Waals surface area contributed by atoms with E-state index >= 15 is 0 Å². The Kier molecular flexibility index (Phi) is 6.68. The van der Waals surface area contributed by atoms with E-state index in [1.54, 1.807) is 41.5 Å². The minimum atomic E-state index is -0.268. The fourth-order valence-corrected chi connectivity index (χ4v) is 4.00. The van der Waals surface area contributed by atoms with Gasteiger partial charge in [-0.2, -0.15) is 5.10 Å². The van der Waals surface area contributed by atoms with Crippen LogP contribution in [0.25, 0.3) is 0 Å². The summed E-state index contributed by atoms with van der Waals surface area (Å²) >= 11 is 1.45. The smallest absolute Gasteiger partial charge is 0.254 e. The highest BCUT2D eigenvalue weighted by molar-refractivity contribution is 7.98. The van der Waals surface area contributed by atoms with Gasteiger partial charge >= 0.3 is 0 Å². The van der Waals surface area contributed by atoms with Crippen LogP contribution in [0.3, 0.4) is 0 Å². The number of thioether (sulfide) groups is 1. The van der Waals surface area contributed by atoms with Crippen molar-refractivity contribution in [1.29, 1.82) is 0 Å². The molecule has 2 aromatic carbocycles. The molecule has 4 aromatic rings. The molecule has 1 N–H and O–H groups in total. The van der Waals surface area contributed by atoms with Crippen molar-refractivity contribution >= 4 is 17.7 Å². The molecule has 2 heterocycles. The van der Waals surface area contributed by atoms with Gasteiger partial charge in [0.05, 0.1) is 12.1 Å². The summed E-state index contributed by atoms with van der Waals surface area (Å²) in [5, 5.41) is 7.78. The van der Waals surface area contributed by atoms with Gasteiger partial charge in [0.15, 0.2) is 0 Å². The van der Waals surface area contributed by atoms with Crippen molar-refractivity contribution in [3.63, 3.8) is 0 Å². The van der Waals surface area contributed by atoms with E-state index in [2.05, 4.69) is 20.4 Å². The van der Waals surface area contributed by atoms with Crippen molar-refractivity contribution in [2.75, 3.05) is 0 Å². The lowest BCUT2D eigenvalue weighted by atomic mass is 10.1. The SMILES string of the molecule is O=C(NCc1ccccc1Cn1cncn1)c1cccnc1SCc1ccc(F)cc1. The van der Waals surface area contributed by atoms with E-state index in [0.29, 0.717) is 29.4 Å². The average molecular weight is 434 g/mol. The van der Waals surface area contributed by atoms with Crippen molar-refractivity contribution in [1.82, 2.24) is 25.1 Å². The average Bonchev–Trinajstić information content (AvgIpc) is 3.31. The molecule has 8 heteroatoms. The maximum Gasteiger partial charge on any atom is 0.254 e. The predicted molar refractivity (Wildman–Crippen MR) is 117 cm³/mol. The Bertz CT molecular complexity index is 1150. The molecule has 0 aliphatic heterocycles. The van der Waals surface area contributed by atoms with Crippen molar-refractivity contribution in [2.24, 2.45) is 0 Å². The Hall–Kier alpha value is -3.52. The predicted octanol–water partition coefficient (Wildman–Crippen LogP) is 4.08. The van der Waals surface area contributed by atoms with Gasteiger partial charge in [-0.3, -0.25) is 4.79 Å². The molecule has 0 radical (unpaired) electrons. The molecule has 0 saturated heterocycles. The number of aromatic nitrogens is 4. The molecule has 2 aromatic heterocycles. The maximum atomic E-state index is 13.1. The fourth-order valence-electron chi connectivity index (χ4n) is 3.05. The number of nitrogens with zero attached hydrogens (tertiary/aromatic N) is 4. The van der Waals surface area contributed by atoms with Gasteiger partial charge in [0.1, 0.15) is 23.5 Å². The lowest BCUT2D eigenvalue weighted by Crippen LogP contribution is -2.24. The van der Waals surface area contributed by atoms with Crippen LogP contribution in [0.5, 0.6) is 0 Å². The van der Waals surface area contributed by atoms with Crippen LogP contribution >= 0.6 is 11.8 Å². The first-order valence-corrected chi connectivity index (χ1v) is 10.7. The van der Waals surface area contributed by atoms with Gasteiger partial charge in [0.25, 0.3) is 5.91 Å². The monoisotopic (exact) mass is 433 g/mol. The molecule has 0 saturated carbocycles. The molecule has 0 aliphatic carbocycles. The number of rotatable bonds is 8. The molecule has 0 spiro atoms. The van der Waals surface area contributed by atoms with Crippen molar-refractivity contribution < 1.29 is 9.18 Å². The number of carbonyl (C=O) groups is 1. The van der Waals surface area contributed by atoms with Crippen molar-refractivity contribution in [3.05, 3.63) is 108 Å². The largest absolute Gasteiger partial charge is 0.348 e. The number of nitrogens with one attached hydrogen (secondary N) is 1. The normalized spacial score (nSPS) is 10.7. The quantitative estimate of drug-likeness (QED) is 0.424. The van der Waals surface area contributed by atoms with Crippen molar-refractivity contribution in [2.45, 2.75) is 23.9 Å². The molecule has 4 rings (SSSR count). The number of carbonyl (C=O) groups excluding carboxylic acids is 1. The number of amides is 1. The third-order valence-electron chi connectivity index (χ3n) is 4.66. The highest BCUT2D eigenvalue weighted by Crippen LogP contribution is 2.24. The Balaban J connectivity index is 1.42. The van der Waals surface area contributed by atoms with Crippen LogP contribution < -0.4 is 5.32 Å². The summed E-state index contributed by atoms with van der Waals surface area (Å²) < 4.78 is 14.8. The molecule has 1 amide bonds. The van der Waals surface area contributed by atoms with Crippen LogP contribution in [-0.2, 0) is 18.8 Å². The highest BCUT2D eigenvalue weighted by atomic mass is 32.2. The summed E-state index contributed by atoms with van der Waals surface area (Å²) in [6.45, 7) is 0.971. The number of hydrogen-bond donors (Lipinski definition) is 1. The molecule has 0 unspecified atom stereocenters. The summed E-state index contributed by atoms with van der Waals surface area (Å²) in [5.41, 5.74) is 3.55. The first-order valence-electron chi connectivity index (χ1n) is 9.69. The zero-order valence-electron chi connectivity index (χ0n) is 16.6. The van der Waals surface area contributed by atoms with Gasteiger partial charge in [-0.25, -0.2) is 19.0 Å². The number of hydrogen-bond acceptors (Lipinski definition) is 5. The zero-order valence-corrected chi connectivity index (χ0v) is 17.4. The van der Waals surface area contributed by atoms with Gasteiger partial charge in [0, 0.05) is 18.5 Å². The summed E-state index contributed by atoms with van der Waals surface area (Å²) in [4.78, 5) is 21.2. The number of halogens is 1. The van der Waals surface area contributed by atoms with E-state index in [9.17, 15) is 9.18 Å². The third-order valence-corrected chi connectivity index (χ3v) is 5.74. The Morgan fingerprint density at radius 1 is 1.03 bits per heavy atom. The van der Waals surface area contributed by atoms with Gasteiger partial charge < -0.3 is 5.32 Å². The van der Waals surface area contributed by atoms with Gasteiger partial charge in [-0.1, -0.05) is 36.4 Å². The molecule has 6 nitrogen and oxygen atoms in total. The molecule has 0 aliphatic rings. The lowest BCUT2D eigenvalue weighted by Gasteiger charge is -2.12. The van der Waals surface area contributed by atoms with Crippen molar-refractivity contribution in [3.8, 4) is 0 Å². The minimum absolute atomic E-state index is 0.190. The van der Waals surface area contributed by atoms with Crippen LogP contribution in [0.4, 0.5) is 4.39 Å².